The van der Waals surface area contributed by atoms with E-state index in [1.54, 1.807) is 0 Å². The van der Waals surface area contributed by atoms with Crippen LogP contribution in [-0.2, 0) is 4.79 Å². The fourth-order valence-electron chi connectivity index (χ4n) is 3.00. The molecule has 0 saturated carbocycles. The van der Waals surface area contributed by atoms with Crippen molar-refractivity contribution in [3.8, 4) is 0 Å². The molecule has 3 amide bonds. The Morgan fingerprint density at radius 3 is 2.62 bits per heavy atom. The summed E-state index contributed by atoms with van der Waals surface area (Å²) in [4.78, 5) is 25.5. The molecule has 0 aromatic heterocycles. The summed E-state index contributed by atoms with van der Waals surface area (Å²) in [5, 5.41) is 5.18. The molecule has 118 valence electrons. The number of nitrogens with zero attached hydrogens (tertiary/aromatic N) is 1. The highest BCUT2D eigenvalue weighted by atomic mass is 16.2. The minimum absolute atomic E-state index is 0.203. The molecule has 5 heteroatoms. The number of rotatable bonds is 5. The van der Waals surface area contributed by atoms with E-state index >= 15 is 0 Å². The monoisotopic (exact) mass is 293 g/mol. The normalized spacial score (nSPS) is 19.7. The molecule has 1 fully saturated rings. The summed E-state index contributed by atoms with van der Waals surface area (Å²) in [6.07, 6.45) is 11.6. The first kappa shape index (κ1) is 16.0. The van der Waals surface area contributed by atoms with Gasteiger partial charge in [-0.3, -0.25) is 15.0 Å². The second-order valence-corrected chi connectivity index (χ2v) is 6.00. The zero-order valence-electron chi connectivity index (χ0n) is 12.8. The number of allylic oxidation sites excluding steroid dienone is 1. The Labute approximate surface area is 127 Å². The molecule has 0 aromatic carbocycles. The van der Waals surface area contributed by atoms with Gasteiger partial charge in [0.25, 0.3) is 0 Å². The van der Waals surface area contributed by atoms with Gasteiger partial charge in [0, 0.05) is 6.54 Å². The van der Waals surface area contributed by atoms with Gasteiger partial charge in [0.05, 0.1) is 6.54 Å². The van der Waals surface area contributed by atoms with Crippen LogP contribution in [-0.4, -0.2) is 43.0 Å². The molecule has 0 radical (unpaired) electrons. The minimum atomic E-state index is -0.367. The van der Waals surface area contributed by atoms with Crippen molar-refractivity contribution in [2.75, 3.05) is 26.2 Å². The van der Waals surface area contributed by atoms with Crippen LogP contribution in [0, 0.1) is 0 Å². The van der Waals surface area contributed by atoms with Crippen molar-refractivity contribution in [1.29, 1.82) is 0 Å². The highest BCUT2D eigenvalue weighted by molar-refractivity contribution is 5.95. The molecule has 0 aromatic rings. The number of piperidine rings is 1. The van der Waals surface area contributed by atoms with Gasteiger partial charge in [-0.05, 0) is 58.0 Å². The number of carbonyl (C=O) groups is 2. The number of hydrogen-bond acceptors (Lipinski definition) is 3. The van der Waals surface area contributed by atoms with Gasteiger partial charge in [0.1, 0.15) is 0 Å². The minimum Gasteiger partial charge on any atom is -0.337 e. The SMILES string of the molecule is O=C(CN1CCCCC1)NC(=O)NCCC1=CCCCC1. The highest BCUT2D eigenvalue weighted by Gasteiger charge is 2.15. The lowest BCUT2D eigenvalue weighted by Crippen LogP contribution is -2.45. The van der Waals surface area contributed by atoms with E-state index in [4.69, 9.17) is 0 Å². The molecule has 2 aliphatic rings. The number of urea groups is 1. The molecule has 1 saturated heterocycles. The largest absolute Gasteiger partial charge is 0.337 e. The fraction of sp³-hybridized carbons (Fsp3) is 0.750. The predicted octanol–water partition coefficient (Wildman–Crippen LogP) is 2.19. The Balaban J connectivity index is 1.57. The third-order valence-electron chi connectivity index (χ3n) is 4.19. The number of nitrogens with one attached hydrogen (secondary N) is 2. The number of amides is 3. The molecule has 21 heavy (non-hydrogen) atoms. The summed E-state index contributed by atoms with van der Waals surface area (Å²) < 4.78 is 0. The Hall–Kier alpha value is -1.36. The predicted molar refractivity (Wildman–Crippen MR) is 83.0 cm³/mol. The van der Waals surface area contributed by atoms with Crippen LogP contribution >= 0.6 is 0 Å². The van der Waals surface area contributed by atoms with Crippen molar-refractivity contribution >= 4 is 11.9 Å². The summed E-state index contributed by atoms with van der Waals surface area (Å²) in [7, 11) is 0. The highest BCUT2D eigenvalue weighted by Crippen LogP contribution is 2.19. The Kier molecular flexibility index (Phi) is 6.73. The topological polar surface area (TPSA) is 61.4 Å². The van der Waals surface area contributed by atoms with Gasteiger partial charge in [-0.2, -0.15) is 0 Å². The second-order valence-electron chi connectivity index (χ2n) is 6.00. The van der Waals surface area contributed by atoms with Crippen molar-refractivity contribution in [3.63, 3.8) is 0 Å². The van der Waals surface area contributed by atoms with Crippen molar-refractivity contribution in [3.05, 3.63) is 11.6 Å². The lowest BCUT2D eigenvalue weighted by atomic mass is 9.97. The maximum atomic E-state index is 11.8. The van der Waals surface area contributed by atoms with Crippen LogP contribution in [0.2, 0.25) is 0 Å². The molecule has 5 nitrogen and oxygen atoms in total. The van der Waals surface area contributed by atoms with Gasteiger partial charge in [-0.25, -0.2) is 4.79 Å². The van der Waals surface area contributed by atoms with E-state index in [0.29, 0.717) is 13.1 Å². The number of carbonyl (C=O) groups excluding carboxylic acids is 2. The zero-order valence-corrected chi connectivity index (χ0v) is 12.8. The standard InChI is InChI=1S/C16H27N3O2/c20-15(13-19-11-5-2-6-12-19)18-16(21)17-10-9-14-7-3-1-4-8-14/h7H,1-6,8-13H2,(H2,17,18,20,21). The van der Waals surface area contributed by atoms with Crippen LogP contribution in [0.25, 0.3) is 0 Å². The smallest absolute Gasteiger partial charge is 0.321 e. The molecule has 0 atom stereocenters. The third-order valence-corrected chi connectivity index (χ3v) is 4.19. The number of likely N-dealkylation sites (tertiary alicyclic amines) is 1. The molecule has 2 N–H and O–H groups in total. The molecule has 0 unspecified atom stereocenters. The Morgan fingerprint density at radius 2 is 1.90 bits per heavy atom. The molecular weight excluding hydrogens is 266 g/mol. The third kappa shape index (κ3) is 6.29. The number of imide groups is 1. The van der Waals surface area contributed by atoms with E-state index in [1.807, 2.05) is 0 Å². The van der Waals surface area contributed by atoms with Crippen LogP contribution in [0.4, 0.5) is 4.79 Å². The second kappa shape index (κ2) is 8.82. The summed E-state index contributed by atoms with van der Waals surface area (Å²) in [6.45, 7) is 2.86. The van der Waals surface area contributed by atoms with Gasteiger partial charge in [0.15, 0.2) is 0 Å². The molecule has 0 bridgehead atoms. The lowest BCUT2D eigenvalue weighted by Gasteiger charge is -2.25. The Bertz CT molecular complexity index is 387. The molecular formula is C16H27N3O2. The van der Waals surface area contributed by atoms with Gasteiger partial charge in [-0.15, -0.1) is 0 Å². The maximum Gasteiger partial charge on any atom is 0.321 e. The average molecular weight is 293 g/mol. The van der Waals surface area contributed by atoms with Crippen LogP contribution < -0.4 is 10.6 Å². The first-order valence-corrected chi connectivity index (χ1v) is 8.22. The van der Waals surface area contributed by atoms with E-state index in [-0.39, 0.29) is 11.9 Å². The maximum absolute atomic E-state index is 11.8. The van der Waals surface area contributed by atoms with Crippen molar-refractivity contribution in [2.24, 2.45) is 0 Å². The van der Waals surface area contributed by atoms with Crippen molar-refractivity contribution in [2.45, 2.75) is 51.4 Å². The van der Waals surface area contributed by atoms with Crippen LogP contribution in [0.15, 0.2) is 11.6 Å². The average Bonchev–Trinajstić information content (AvgIpc) is 2.49. The molecule has 1 aliphatic carbocycles. The van der Waals surface area contributed by atoms with E-state index in [0.717, 1.165) is 45.2 Å². The summed E-state index contributed by atoms with van der Waals surface area (Å²) >= 11 is 0. The van der Waals surface area contributed by atoms with Crippen LogP contribution in [0.3, 0.4) is 0 Å². The first-order valence-electron chi connectivity index (χ1n) is 8.22. The van der Waals surface area contributed by atoms with Gasteiger partial charge in [0.2, 0.25) is 5.91 Å². The molecule has 2 rings (SSSR count). The van der Waals surface area contributed by atoms with E-state index in [1.165, 1.54) is 24.8 Å². The lowest BCUT2D eigenvalue weighted by molar-refractivity contribution is -0.121. The van der Waals surface area contributed by atoms with E-state index in [2.05, 4.69) is 21.6 Å². The fourth-order valence-corrected chi connectivity index (χ4v) is 3.00. The van der Waals surface area contributed by atoms with Crippen LogP contribution in [0.1, 0.15) is 51.4 Å². The van der Waals surface area contributed by atoms with Crippen molar-refractivity contribution in [1.82, 2.24) is 15.5 Å². The van der Waals surface area contributed by atoms with Crippen LogP contribution in [0.5, 0.6) is 0 Å². The zero-order chi connectivity index (χ0) is 14.9. The van der Waals surface area contributed by atoms with Gasteiger partial charge >= 0.3 is 6.03 Å². The number of hydrogen-bond donors (Lipinski definition) is 2. The molecule has 1 aliphatic heterocycles. The summed E-state index contributed by atoms with van der Waals surface area (Å²) in [5.74, 6) is -0.203. The van der Waals surface area contributed by atoms with E-state index < -0.39 is 0 Å². The summed E-state index contributed by atoms with van der Waals surface area (Å²) in [5.41, 5.74) is 1.43. The Morgan fingerprint density at radius 1 is 1.10 bits per heavy atom. The van der Waals surface area contributed by atoms with Crippen molar-refractivity contribution < 1.29 is 9.59 Å². The van der Waals surface area contributed by atoms with Gasteiger partial charge < -0.3 is 5.32 Å². The van der Waals surface area contributed by atoms with Gasteiger partial charge in [-0.1, -0.05) is 18.1 Å². The summed E-state index contributed by atoms with van der Waals surface area (Å²) in [6, 6.07) is -0.367. The molecule has 1 heterocycles. The molecule has 0 spiro atoms. The van der Waals surface area contributed by atoms with E-state index in [9.17, 15) is 9.59 Å². The quantitative estimate of drug-likeness (QED) is 0.764. The first-order chi connectivity index (χ1) is 10.2.